The maximum atomic E-state index is 13.1. The summed E-state index contributed by atoms with van der Waals surface area (Å²) in [6.07, 6.45) is 0. The number of carbonyl (C=O) groups excluding carboxylic acids is 2. The molecule has 1 aliphatic rings. The van der Waals surface area contributed by atoms with Gasteiger partial charge >= 0.3 is 6.03 Å². The highest BCUT2D eigenvalue weighted by Gasteiger charge is 2.49. The number of hydrogen-bond acceptors (Lipinski definition) is 4. The molecule has 2 aromatic carbocycles. The molecular formula is C18H17FN2O4S. The van der Waals surface area contributed by atoms with Crippen molar-refractivity contribution in [3.05, 3.63) is 66.0 Å². The number of carbonyl (C=O) groups is 2. The van der Waals surface area contributed by atoms with Crippen LogP contribution in [0.25, 0.3) is 0 Å². The minimum Gasteiger partial charge on any atom is -0.319 e. The van der Waals surface area contributed by atoms with E-state index in [-0.39, 0.29) is 17.2 Å². The van der Waals surface area contributed by atoms with Gasteiger partial charge in [0.25, 0.3) is 5.91 Å². The van der Waals surface area contributed by atoms with Crippen LogP contribution < -0.4 is 5.32 Å². The number of amides is 3. The molecule has 3 rings (SSSR count). The van der Waals surface area contributed by atoms with E-state index in [1.807, 2.05) is 0 Å². The van der Waals surface area contributed by atoms with Crippen LogP contribution in [0.3, 0.4) is 0 Å². The topological polar surface area (TPSA) is 83.6 Å². The van der Waals surface area contributed by atoms with Crippen LogP contribution in [-0.4, -0.2) is 37.6 Å². The summed E-state index contributed by atoms with van der Waals surface area (Å²) in [4.78, 5) is 26.0. The first kappa shape index (κ1) is 18.1. The number of halogens is 1. The van der Waals surface area contributed by atoms with Crippen LogP contribution in [0.1, 0.15) is 12.5 Å². The normalized spacial score (nSPS) is 20.3. The zero-order chi connectivity index (χ0) is 18.9. The zero-order valence-corrected chi connectivity index (χ0v) is 14.8. The van der Waals surface area contributed by atoms with Crippen molar-refractivity contribution < 1.29 is 22.4 Å². The Balaban J connectivity index is 1.79. The summed E-state index contributed by atoms with van der Waals surface area (Å²) in [5.41, 5.74) is -0.938. The largest absolute Gasteiger partial charge is 0.325 e. The summed E-state index contributed by atoms with van der Waals surface area (Å²) in [5, 5.41) is 2.56. The van der Waals surface area contributed by atoms with Crippen LogP contribution in [-0.2, 0) is 20.2 Å². The molecule has 1 aliphatic heterocycles. The minimum absolute atomic E-state index is 0.133. The van der Waals surface area contributed by atoms with Crippen LogP contribution in [0.15, 0.2) is 59.5 Å². The second-order valence-corrected chi connectivity index (χ2v) is 8.26. The maximum absolute atomic E-state index is 13.1. The smallest absolute Gasteiger partial charge is 0.319 e. The van der Waals surface area contributed by atoms with Gasteiger partial charge in [-0.1, -0.05) is 30.3 Å². The van der Waals surface area contributed by atoms with E-state index in [0.717, 1.165) is 4.90 Å². The molecule has 1 unspecified atom stereocenters. The molecule has 136 valence electrons. The van der Waals surface area contributed by atoms with Crippen molar-refractivity contribution in [3.8, 4) is 0 Å². The van der Waals surface area contributed by atoms with E-state index < -0.39 is 33.1 Å². The molecule has 0 aromatic heterocycles. The summed E-state index contributed by atoms with van der Waals surface area (Å²) in [5.74, 6) is -1.41. The SMILES string of the molecule is CC1(c2ccc(F)cc2)NC(=O)N(CCS(=O)(=O)c2ccccc2)C1=O. The van der Waals surface area contributed by atoms with Crippen molar-refractivity contribution in [1.29, 1.82) is 0 Å². The van der Waals surface area contributed by atoms with Crippen LogP contribution in [0.2, 0.25) is 0 Å². The van der Waals surface area contributed by atoms with Crippen molar-refractivity contribution in [2.75, 3.05) is 12.3 Å². The van der Waals surface area contributed by atoms with Gasteiger partial charge in [0.15, 0.2) is 9.84 Å². The van der Waals surface area contributed by atoms with Gasteiger partial charge in [-0.25, -0.2) is 17.6 Å². The fraction of sp³-hybridized carbons (Fsp3) is 0.222. The van der Waals surface area contributed by atoms with Crippen LogP contribution in [0, 0.1) is 5.82 Å². The van der Waals surface area contributed by atoms with Gasteiger partial charge < -0.3 is 5.32 Å². The van der Waals surface area contributed by atoms with Gasteiger partial charge in [-0.15, -0.1) is 0 Å². The van der Waals surface area contributed by atoms with Crippen molar-refractivity contribution >= 4 is 21.8 Å². The van der Waals surface area contributed by atoms with Gasteiger partial charge in [0.05, 0.1) is 10.6 Å². The highest BCUT2D eigenvalue weighted by atomic mass is 32.2. The quantitative estimate of drug-likeness (QED) is 0.810. The van der Waals surface area contributed by atoms with E-state index >= 15 is 0 Å². The first-order chi connectivity index (χ1) is 12.2. The summed E-state index contributed by atoms with van der Waals surface area (Å²) < 4.78 is 37.8. The predicted molar refractivity (Wildman–Crippen MR) is 92.5 cm³/mol. The monoisotopic (exact) mass is 376 g/mol. The molecule has 3 amide bonds. The van der Waals surface area contributed by atoms with Crippen molar-refractivity contribution in [2.45, 2.75) is 17.4 Å². The lowest BCUT2D eigenvalue weighted by molar-refractivity contribution is -0.130. The predicted octanol–water partition coefficient (Wildman–Crippen LogP) is 2.07. The fourth-order valence-electron chi connectivity index (χ4n) is 2.84. The van der Waals surface area contributed by atoms with E-state index in [0.29, 0.717) is 5.56 Å². The molecule has 1 N–H and O–H groups in total. The van der Waals surface area contributed by atoms with Gasteiger partial charge in [-0.05, 0) is 36.8 Å². The number of benzene rings is 2. The van der Waals surface area contributed by atoms with E-state index in [4.69, 9.17) is 0 Å². The van der Waals surface area contributed by atoms with Crippen molar-refractivity contribution in [2.24, 2.45) is 0 Å². The molecule has 0 bridgehead atoms. The van der Waals surface area contributed by atoms with Crippen molar-refractivity contribution in [3.63, 3.8) is 0 Å². The number of urea groups is 1. The average Bonchev–Trinajstić information content (AvgIpc) is 2.84. The van der Waals surface area contributed by atoms with Gasteiger partial charge in [-0.2, -0.15) is 0 Å². The van der Waals surface area contributed by atoms with Crippen LogP contribution in [0.5, 0.6) is 0 Å². The number of sulfone groups is 1. The number of hydrogen-bond donors (Lipinski definition) is 1. The highest BCUT2D eigenvalue weighted by molar-refractivity contribution is 7.91. The summed E-state index contributed by atoms with van der Waals surface area (Å²) in [6, 6.07) is 12.4. The molecule has 26 heavy (non-hydrogen) atoms. The minimum atomic E-state index is -3.63. The van der Waals surface area contributed by atoms with Crippen LogP contribution >= 0.6 is 0 Å². The maximum Gasteiger partial charge on any atom is 0.325 e. The second-order valence-electron chi connectivity index (χ2n) is 6.15. The number of imide groups is 1. The zero-order valence-electron chi connectivity index (χ0n) is 14.0. The molecule has 1 fully saturated rings. The van der Waals surface area contributed by atoms with Crippen molar-refractivity contribution in [1.82, 2.24) is 10.2 Å². The standard InChI is InChI=1S/C18H17FN2O4S/c1-18(13-7-9-14(19)10-8-13)16(22)21(17(23)20-18)11-12-26(24,25)15-5-3-2-4-6-15/h2-10H,11-12H2,1H3,(H,20,23). The Morgan fingerprint density at radius 3 is 2.27 bits per heavy atom. The second kappa shape index (κ2) is 6.53. The Kier molecular flexibility index (Phi) is 4.53. The Morgan fingerprint density at radius 2 is 1.65 bits per heavy atom. The van der Waals surface area contributed by atoms with E-state index in [1.54, 1.807) is 18.2 Å². The van der Waals surface area contributed by atoms with E-state index in [9.17, 15) is 22.4 Å². The molecule has 1 atom stereocenters. The Labute approximate surface area is 150 Å². The molecule has 1 saturated heterocycles. The molecule has 8 heteroatoms. The number of rotatable bonds is 5. The lowest BCUT2D eigenvalue weighted by Gasteiger charge is -2.22. The highest BCUT2D eigenvalue weighted by Crippen LogP contribution is 2.29. The van der Waals surface area contributed by atoms with Gasteiger partial charge in [-0.3, -0.25) is 9.69 Å². The molecule has 1 heterocycles. The Morgan fingerprint density at radius 1 is 1.04 bits per heavy atom. The summed E-state index contributed by atoms with van der Waals surface area (Å²) >= 11 is 0. The van der Waals surface area contributed by atoms with E-state index in [2.05, 4.69) is 5.32 Å². The summed E-state index contributed by atoms with van der Waals surface area (Å²) in [7, 11) is -3.63. The average molecular weight is 376 g/mol. The van der Waals surface area contributed by atoms with E-state index in [1.165, 1.54) is 43.3 Å². The lowest BCUT2D eigenvalue weighted by atomic mass is 9.92. The molecule has 0 radical (unpaired) electrons. The molecule has 0 saturated carbocycles. The molecule has 0 aliphatic carbocycles. The van der Waals surface area contributed by atoms with Gasteiger partial charge in [0.2, 0.25) is 0 Å². The number of nitrogens with zero attached hydrogens (tertiary/aromatic N) is 1. The fourth-order valence-corrected chi connectivity index (χ4v) is 4.07. The Bertz CT molecular complexity index is 945. The van der Waals surface area contributed by atoms with Gasteiger partial charge in [0, 0.05) is 6.54 Å². The Hall–Kier alpha value is -2.74. The third-order valence-corrected chi connectivity index (χ3v) is 6.09. The van der Waals surface area contributed by atoms with Gasteiger partial charge in [0.1, 0.15) is 11.4 Å². The number of nitrogens with one attached hydrogen (secondary N) is 1. The molecule has 2 aromatic rings. The van der Waals surface area contributed by atoms with Crippen LogP contribution in [0.4, 0.5) is 9.18 Å². The lowest BCUT2D eigenvalue weighted by Crippen LogP contribution is -2.41. The molecule has 0 spiro atoms. The third-order valence-electron chi connectivity index (χ3n) is 4.38. The molecule has 6 nitrogen and oxygen atoms in total. The summed E-state index contributed by atoms with van der Waals surface area (Å²) in [6.45, 7) is 1.24. The first-order valence-electron chi connectivity index (χ1n) is 7.92. The first-order valence-corrected chi connectivity index (χ1v) is 9.57. The third kappa shape index (κ3) is 3.20. The molecular weight excluding hydrogens is 359 g/mol.